The molecule has 0 radical (unpaired) electrons. The molecule has 1 aromatic rings. The Balaban J connectivity index is 2.52. The molecular weight excluding hydrogens is 251 g/mol. The fraction of sp³-hybridized carbons (Fsp3) is 0.222. The highest BCUT2D eigenvalue weighted by atomic mass is 35.5. The Labute approximate surface area is 103 Å². The summed E-state index contributed by atoms with van der Waals surface area (Å²) < 4.78 is 0. The number of hydrogen-bond donors (Lipinski definition) is 2. The molecule has 0 unspecified atom stereocenters. The lowest BCUT2D eigenvalue weighted by molar-refractivity contribution is -0.115. The Hall–Kier alpha value is -1.17. The van der Waals surface area contributed by atoms with Crippen LogP contribution in [0.4, 0.5) is 5.82 Å². The van der Waals surface area contributed by atoms with E-state index in [1.807, 2.05) is 0 Å². The number of amides is 1. The molecule has 86 valence electrons. The number of nitrogens with one attached hydrogen (secondary N) is 2. The van der Waals surface area contributed by atoms with Gasteiger partial charge in [0.1, 0.15) is 11.0 Å². The minimum Gasteiger partial charge on any atom is -0.309 e. The van der Waals surface area contributed by atoms with Gasteiger partial charge in [-0.05, 0) is 11.6 Å². The topological polar surface area (TPSA) is 66.9 Å². The number of hydrogen-bond acceptors (Lipinski definition) is 4. The molecule has 0 aromatic carbocycles. The highest BCUT2D eigenvalue weighted by Crippen LogP contribution is 2.13. The number of aromatic nitrogens is 2. The molecule has 0 spiro atoms. The molecule has 0 fully saturated rings. The van der Waals surface area contributed by atoms with Crippen LogP contribution < -0.4 is 10.6 Å². The zero-order valence-corrected chi connectivity index (χ0v) is 9.85. The molecule has 0 saturated heterocycles. The van der Waals surface area contributed by atoms with Gasteiger partial charge in [-0.1, -0.05) is 17.7 Å². The SMILES string of the molecule is C=CCNCC(=O)Nc1cc(Cl)nc(Cl)n1. The predicted octanol–water partition coefficient (Wildman–Crippen LogP) is 1.50. The predicted molar refractivity (Wildman–Crippen MR) is 63.7 cm³/mol. The molecule has 1 rings (SSSR count). The van der Waals surface area contributed by atoms with E-state index < -0.39 is 0 Å². The Morgan fingerprint density at radius 1 is 1.50 bits per heavy atom. The van der Waals surface area contributed by atoms with E-state index in [0.29, 0.717) is 6.54 Å². The third-order valence-electron chi connectivity index (χ3n) is 1.51. The van der Waals surface area contributed by atoms with Crippen LogP contribution in [0.15, 0.2) is 18.7 Å². The van der Waals surface area contributed by atoms with Crippen molar-refractivity contribution >= 4 is 34.9 Å². The lowest BCUT2D eigenvalue weighted by Crippen LogP contribution is -2.28. The minimum absolute atomic E-state index is 0.0122. The number of halogens is 2. The highest BCUT2D eigenvalue weighted by Gasteiger charge is 2.05. The van der Waals surface area contributed by atoms with E-state index in [4.69, 9.17) is 23.2 Å². The number of nitrogens with zero attached hydrogens (tertiary/aromatic N) is 2. The summed E-state index contributed by atoms with van der Waals surface area (Å²) in [7, 11) is 0. The summed E-state index contributed by atoms with van der Waals surface area (Å²) in [6, 6.07) is 1.42. The molecule has 16 heavy (non-hydrogen) atoms. The van der Waals surface area contributed by atoms with E-state index in [-0.39, 0.29) is 28.7 Å². The Kier molecular flexibility index (Phi) is 5.18. The van der Waals surface area contributed by atoms with Gasteiger partial charge in [-0.15, -0.1) is 6.58 Å². The summed E-state index contributed by atoms with van der Waals surface area (Å²) in [4.78, 5) is 18.8. The van der Waals surface area contributed by atoms with Gasteiger partial charge in [0.25, 0.3) is 0 Å². The van der Waals surface area contributed by atoms with Crippen molar-refractivity contribution in [3.05, 3.63) is 29.2 Å². The summed E-state index contributed by atoms with van der Waals surface area (Å²) in [6.45, 7) is 4.23. The molecule has 0 bridgehead atoms. The van der Waals surface area contributed by atoms with Crippen LogP contribution in [0.5, 0.6) is 0 Å². The number of anilines is 1. The first kappa shape index (κ1) is 12.9. The molecular formula is C9H10Cl2N4O. The lowest BCUT2D eigenvalue weighted by atomic mass is 10.5. The molecule has 2 N–H and O–H groups in total. The molecule has 1 aromatic heterocycles. The Morgan fingerprint density at radius 2 is 2.25 bits per heavy atom. The van der Waals surface area contributed by atoms with E-state index in [1.165, 1.54) is 6.07 Å². The first-order valence-electron chi connectivity index (χ1n) is 4.43. The van der Waals surface area contributed by atoms with E-state index in [0.717, 1.165) is 0 Å². The van der Waals surface area contributed by atoms with Crippen LogP contribution >= 0.6 is 23.2 Å². The minimum atomic E-state index is -0.243. The Bertz CT molecular complexity index is 377. The van der Waals surface area contributed by atoms with E-state index in [2.05, 4.69) is 27.2 Å². The van der Waals surface area contributed by atoms with Crippen LogP contribution in [0.25, 0.3) is 0 Å². The maximum Gasteiger partial charge on any atom is 0.239 e. The van der Waals surface area contributed by atoms with Crippen LogP contribution in [0.3, 0.4) is 0 Å². The largest absolute Gasteiger partial charge is 0.309 e. The van der Waals surface area contributed by atoms with Gasteiger partial charge >= 0.3 is 0 Å². The molecule has 7 heteroatoms. The van der Waals surface area contributed by atoms with Crippen LogP contribution in [0.2, 0.25) is 10.4 Å². The average Bonchev–Trinajstić information content (AvgIpc) is 2.16. The molecule has 1 heterocycles. The van der Waals surface area contributed by atoms with E-state index in [1.54, 1.807) is 6.08 Å². The fourth-order valence-electron chi connectivity index (χ4n) is 0.929. The van der Waals surface area contributed by atoms with Crippen molar-refractivity contribution in [2.75, 3.05) is 18.4 Å². The van der Waals surface area contributed by atoms with Gasteiger partial charge in [-0.3, -0.25) is 4.79 Å². The molecule has 0 atom stereocenters. The summed E-state index contributed by atoms with van der Waals surface area (Å²) in [5.41, 5.74) is 0. The van der Waals surface area contributed by atoms with Gasteiger partial charge in [0.05, 0.1) is 6.54 Å². The van der Waals surface area contributed by atoms with Crippen molar-refractivity contribution in [1.82, 2.24) is 15.3 Å². The van der Waals surface area contributed by atoms with Gasteiger partial charge in [-0.25, -0.2) is 9.97 Å². The average molecular weight is 261 g/mol. The van der Waals surface area contributed by atoms with E-state index >= 15 is 0 Å². The maximum atomic E-state index is 11.4. The highest BCUT2D eigenvalue weighted by molar-refractivity contribution is 6.32. The number of rotatable bonds is 5. The fourth-order valence-corrected chi connectivity index (χ4v) is 1.34. The summed E-state index contributed by atoms with van der Waals surface area (Å²) >= 11 is 11.2. The number of carbonyl (C=O) groups excluding carboxylic acids is 1. The zero-order chi connectivity index (χ0) is 12.0. The van der Waals surface area contributed by atoms with Gasteiger partial charge in [-0.2, -0.15) is 0 Å². The monoisotopic (exact) mass is 260 g/mol. The summed E-state index contributed by atoms with van der Waals surface area (Å²) in [5, 5.41) is 5.53. The normalized spacial score (nSPS) is 9.88. The van der Waals surface area contributed by atoms with Crippen molar-refractivity contribution in [1.29, 1.82) is 0 Å². The van der Waals surface area contributed by atoms with Crippen molar-refractivity contribution in [3.63, 3.8) is 0 Å². The molecule has 5 nitrogen and oxygen atoms in total. The molecule has 1 amide bonds. The van der Waals surface area contributed by atoms with Gasteiger partial charge in [0, 0.05) is 12.6 Å². The van der Waals surface area contributed by atoms with Crippen LogP contribution in [-0.4, -0.2) is 29.0 Å². The van der Waals surface area contributed by atoms with E-state index in [9.17, 15) is 4.79 Å². The second-order valence-corrected chi connectivity index (χ2v) is 3.54. The van der Waals surface area contributed by atoms with Crippen molar-refractivity contribution in [3.8, 4) is 0 Å². The molecule has 0 aliphatic rings. The third-order valence-corrected chi connectivity index (χ3v) is 1.87. The van der Waals surface area contributed by atoms with Gasteiger partial charge < -0.3 is 10.6 Å². The van der Waals surface area contributed by atoms with Crippen molar-refractivity contribution in [2.45, 2.75) is 0 Å². The quantitative estimate of drug-likeness (QED) is 0.365. The summed E-state index contributed by atoms with van der Waals surface area (Å²) in [5.74, 6) is 0.0306. The standard InChI is InChI=1S/C9H10Cl2N4O/c1-2-3-12-5-8(16)14-7-4-6(10)13-9(11)15-7/h2,4,12H,1,3,5H2,(H,13,14,15,16). The third kappa shape index (κ3) is 4.57. The second kappa shape index (κ2) is 6.42. The van der Waals surface area contributed by atoms with Gasteiger partial charge in [0.15, 0.2) is 0 Å². The van der Waals surface area contributed by atoms with Crippen molar-refractivity contribution < 1.29 is 4.79 Å². The van der Waals surface area contributed by atoms with Crippen LogP contribution in [-0.2, 0) is 4.79 Å². The number of carbonyl (C=O) groups is 1. The van der Waals surface area contributed by atoms with Crippen LogP contribution in [0.1, 0.15) is 0 Å². The summed E-state index contributed by atoms with van der Waals surface area (Å²) in [6.07, 6.45) is 1.66. The van der Waals surface area contributed by atoms with Gasteiger partial charge in [0.2, 0.25) is 11.2 Å². The first-order valence-corrected chi connectivity index (χ1v) is 5.19. The molecule has 0 aliphatic carbocycles. The maximum absolute atomic E-state index is 11.4. The first-order chi connectivity index (χ1) is 7.61. The smallest absolute Gasteiger partial charge is 0.239 e. The molecule has 0 aliphatic heterocycles. The Morgan fingerprint density at radius 3 is 2.88 bits per heavy atom. The second-order valence-electron chi connectivity index (χ2n) is 2.81. The lowest BCUT2D eigenvalue weighted by Gasteiger charge is -2.04. The molecule has 0 saturated carbocycles. The zero-order valence-electron chi connectivity index (χ0n) is 8.33. The van der Waals surface area contributed by atoms with Crippen LogP contribution in [0, 0.1) is 0 Å². The van der Waals surface area contributed by atoms with Crippen molar-refractivity contribution in [2.24, 2.45) is 0 Å².